The fourth-order valence-electron chi connectivity index (χ4n) is 2.80. The highest BCUT2D eigenvalue weighted by molar-refractivity contribution is 6.33. The van der Waals surface area contributed by atoms with Crippen LogP contribution in [0.15, 0.2) is 30.5 Å². The van der Waals surface area contributed by atoms with Crippen LogP contribution in [0.5, 0.6) is 0 Å². The molecular weight excluding hydrogens is 300 g/mol. The molecule has 2 heterocycles. The molecule has 2 aromatic rings. The summed E-state index contributed by atoms with van der Waals surface area (Å²) in [5, 5.41) is 13.9. The number of aromatic amines is 1. The van der Waals surface area contributed by atoms with Crippen molar-refractivity contribution in [2.24, 2.45) is 5.92 Å². The van der Waals surface area contributed by atoms with E-state index < -0.39 is 0 Å². The molecular formula is C16H19ClN4O. The number of piperidine rings is 1. The van der Waals surface area contributed by atoms with E-state index in [2.05, 4.69) is 27.8 Å². The molecule has 0 bridgehead atoms. The Kier molecular flexibility index (Phi) is 4.45. The second-order valence-electron chi connectivity index (χ2n) is 5.69. The van der Waals surface area contributed by atoms with Crippen LogP contribution < -0.4 is 10.6 Å². The molecule has 2 atom stereocenters. The van der Waals surface area contributed by atoms with E-state index in [1.165, 1.54) is 0 Å². The van der Waals surface area contributed by atoms with Crippen LogP contribution in [0.1, 0.15) is 23.7 Å². The number of aromatic nitrogens is 2. The van der Waals surface area contributed by atoms with Crippen LogP contribution in [0.4, 0.5) is 0 Å². The van der Waals surface area contributed by atoms with E-state index in [0.717, 1.165) is 25.1 Å². The van der Waals surface area contributed by atoms with Crippen molar-refractivity contribution in [2.75, 3.05) is 13.1 Å². The standard InChI is InChI=1S/C16H19ClN4O/c1-10-8-18-7-6-14(10)20-16(22)12-9-19-21-15(12)11-4-2-3-5-13(11)17/h2-5,9-10,14,18H,6-8H2,1H3,(H,19,21)(H,20,22). The molecule has 6 heteroatoms. The van der Waals surface area contributed by atoms with E-state index in [4.69, 9.17) is 11.6 Å². The van der Waals surface area contributed by atoms with E-state index in [-0.39, 0.29) is 11.9 Å². The Morgan fingerprint density at radius 1 is 1.41 bits per heavy atom. The van der Waals surface area contributed by atoms with Crippen molar-refractivity contribution >= 4 is 17.5 Å². The lowest BCUT2D eigenvalue weighted by atomic mass is 9.95. The van der Waals surface area contributed by atoms with Crippen LogP contribution in [0, 0.1) is 5.92 Å². The Labute approximate surface area is 134 Å². The maximum atomic E-state index is 12.6. The Morgan fingerprint density at radius 3 is 3.00 bits per heavy atom. The molecule has 0 saturated carbocycles. The molecule has 2 unspecified atom stereocenters. The smallest absolute Gasteiger partial charge is 0.255 e. The second-order valence-corrected chi connectivity index (χ2v) is 6.10. The molecule has 1 aromatic carbocycles. The van der Waals surface area contributed by atoms with Gasteiger partial charge in [0, 0.05) is 16.6 Å². The number of benzene rings is 1. The molecule has 22 heavy (non-hydrogen) atoms. The third-order valence-corrected chi connectivity index (χ3v) is 4.46. The monoisotopic (exact) mass is 318 g/mol. The summed E-state index contributed by atoms with van der Waals surface area (Å²) < 4.78 is 0. The summed E-state index contributed by atoms with van der Waals surface area (Å²) in [6, 6.07) is 7.61. The van der Waals surface area contributed by atoms with Crippen LogP contribution in [-0.2, 0) is 0 Å². The normalized spacial score (nSPS) is 21.5. The van der Waals surface area contributed by atoms with Crippen molar-refractivity contribution < 1.29 is 4.79 Å². The maximum Gasteiger partial charge on any atom is 0.255 e. The van der Waals surface area contributed by atoms with Gasteiger partial charge < -0.3 is 10.6 Å². The molecule has 116 valence electrons. The second kappa shape index (κ2) is 6.50. The van der Waals surface area contributed by atoms with Gasteiger partial charge in [0.15, 0.2) is 0 Å². The van der Waals surface area contributed by atoms with E-state index >= 15 is 0 Å². The molecule has 1 amide bonds. The third kappa shape index (κ3) is 3.00. The average Bonchev–Trinajstić information content (AvgIpc) is 2.99. The van der Waals surface area contributed by atoms with E-state index in [1.54, 1.807) is 12.3 Å². The first-order chi connectivity index (χ1) is 10.7. The van der Waals surface area contributed by atoms with Crippen molar-refractivity contribution in [3.63, 3.8) is 0 Å². The lowest BCUT2D eigenvalue weighted by Crippen LogP contribution is -2.48. The zero-order valence-electron chi connectivity index (χ0n) is 12.4. The number of carbonyl (C=O) groups is 1. The highest BCUT2D eigenvalue weighted by atomic mass is 35.5. The Morgan fingerprint density at radius 2 is 2.23 bits per heavy atom. The minimum Gasteiger partial charge on any atom is -0.349 e. The van der Waals surface area contributed by atoms with Gasteiger partial charge in [-0.1, -0.05) is 36.7 Å². The molecule has 1 aliphatic heterocycles. The van der Waals surface area contributed by atoms with Gasteiger partial charge in [0.25, 0.3) is 5.91 Å². The zero-order chi connectivity index (χ0) is 15.5. The van der Waals surface area contributed by atoms with Crippen LogP contribution in [0.3, 0.4) is 0 Å². The molecule has 0 spiro atoms. The molecule has 0 radical (unpaired) electrons. The summed E-state index contributed by atoms with van der Waals surface area (Å²) in [5.74, 6) is 0.302. The number of hydrogen-bond acceptors (Lipinski definition) is 3. The lowest BCUT2D eigenvalue weighted by molar-refractivity contribution is 0.0915. The van der Waals surface area contributed by atoms with Crippen LogP contribution in [0.2, 0.25) is 5.02 Å². The van der Waals surface area contributed by atoms with Crippen LogP contribution in [0.25, 0.3) is 11.3 Å². The quantitative estimate of drug-likeness (QED) is 0.814. The average molecular weight is 319 g/mol. The van der Waals surface area contributed by atoms with E-state index in [9.17, 15) is 4.79 Å². The summed E-state index contributed by atoms with van der Waals surface area (Å²) in [5.41, 5.74) is 1.97. The number of amides is 1. The molecule has 3 N–H and O–H groups in total. The van der Waals surface area contributed by atoms with E-state index in [1.807, 2.05) is 18.2 Å². The summed E-state index contributed by atoms with van der Waals surface area (Å²) in [7, 11) is 0. The third-order valence-electron chi connectivity index (χ3n) is 4.13. The predicted octanol–water partition coefficient (Wildman–Crippen LogP) is 2.46. The highest BCUT2D eigenvalue weighted by Crippen LogP contribution is 2.28. The summed E-state index contributed by atoms with van der Waals surface area (Å²) in [6.07, 6.45) is 2.49. The summed E-state index contributed by atoms with van der Waals surface area (Å²) >= 11 is 6.22. The van der Waals surface area contributed by atoms with Gasteiger partial charge in [-0.25, -0.2) is 0 Å². The predicted molar refractivity (Wildman–Crippen MR) is 86.9 cm³/mol. The molecule has 0 aliphatic carbocycles. The summed E-state index contributed by atoms with van der Waals surface area (Å²) in [4.78, 5) is 12.6. The van der Waals surface area contributed by atoms with Crippen LogP contribution in [-0.4, -0.2) is 35.2 Å². The van der Waals surface area contributed by atoms with Crippen molar-refractivity contribution in [3.05, 3.63) is 41.0 Å². The number of rotatable bonds is 3. The molecule has 5 nitrogen and oxygen atoms in total. The topological polar surface area (TPSA) is 69.8 Å². The minimum atomic E-state index is -0.109. The summed E-state index contributed by atoms with van der Waals surface area (Å²) in [6.45, 7) is 3.99. The Hall–Kier alpha value is -1.85. The largest absolute Gasteiger partial charge is 0.349 e. The lowest BCUT2D eigenvalue weighted by Gasteiger charge is -2.30. The Bertz CT molecular complexity index is 670. The first kappa shape index (κ1) is 15.1. The molecule has 3 rings (SSSR count). The van der Waals surface area contributed by atoms with Gasteiger partial charge in [-0.3, -0.25) is 9.89 Å². The van der Waals surface area contributed by atoms with Crippen molar-refractivity contribution in [1.29, 1.82) is 0 Å². The minimum absolute atomic E-state index is 0.109. The molecule has 1 saturated heterocycles. The SMILES string of the molecule is CC1CNCCC1NC(=O)c1cn[nH]c1-c1ccccc1Cl. The van der Waals surface area contributed by atoms with Crippen molar-refractivity contribution in [1.82, 2.24) is 20.8 Å². The number of nitrogens with one attached hydrogen (secondary N) is 3. The van der Waals surface area contributed by atoms with Gasteiger partial charge in [-0.05, 0) is 31.5 Å². The van der Waals surface area contributed by atoms with Gasteiger partial charge >= 0.3 is 0 Å². The fourth-order valence-corrected chi connectivity index (χ4v) is 3.03. The van der Waals surface area contributed by atoms with Gasteiger partial charge in [0.2, 0.25) is 0 Å². The fraction of sp³-hybridized carbons (Fsp3) is 0.375. The maximum absolute atomic E-state index is 12.6. The number of nitrogens with zero attached hydrogens (tertiary/aromatic N) is 1. The molecule has 1 aliphatic rings. The van der Waals surface area contributed by atoms with Gasteiger partial charge in [-0.15, -0.1) is 0 Å². The first-order valence-electron chi connectivity index (χ1n) is 7.46. The van der Waals surface area contributed by atoms with Gasteiger partial charge in [0.1, 0.15) is 0 Å². The van der Waals surface area contributed by atoms with Crippen LogP contribution >= 0.6 is 11.6 Å². The van der Waals surface area contributed by atoms with Gasteiger partial charge in [0.05, 0.1) is 17.5 Å². The Balaban J connectivity index is 1.82. The number of H-pyrrole nitrogens is 1. The molecule has 1 aromatic heterocycles. The van der Waals surface area contributed by atoms with Gasteiger partial charge in [-0.2, -0.15) is 5.10 Å². The van der Waals surface area contributed by atoms with Crippen molar-refractivity contribution in [3.8, 4) is 11.3 Å². The molecule has 1 fully saturated rings. The highest BCUT2D eigenvalue weighted by Gasteiger charge is 2.25. The first-order valence-corrected chi connectivity index (χ1v) is 7.84. The van der Waals surface area contributed by atoms with Crippen molar-refractivity contribution in [2.45, 2.75) is 19.4 Å². The zero-order valence-corrected chi connectivity index (χ0v) is 13.2. The van der Waals surface area contributed by atoms with E-state index in [0.29, 0.717) is 22.2 Å². The number of halogens is 1. The number of hydrogen-bond donors (Lipinski definition) is 3. The number of carbonyl (C=O) groups excluding carboxylic acids is 1.